The van der Waals surface area contributed by atoms with Gasteiger partial charge in [-0.3, -0.25) is 4.57 Å². The molecular weight excluding hydrogens is 266 g/mol. The average Bonchev–Trinajstić information content (AvgIpc) is 2.71. The fourth-order valence-corrected chi connectivity index (χ4v) is 1.64. The first-order valence-corrected chi connectivity index (χ1v) is 5.57. The first-order chi connectivity index (χ1) is 9.40. The Balaban J connectivity index is 2.50. The summed E-state index contributed by atoms with van der Waals surface area (Å²) in [6.45, 7) is 1.76. The number of rotatable bonds is 4. The van der Waals surface area contributed by atoms with Crippen LogP contribution in [-0.4, -0.2) is 25.6 Å². The molecule has 0 bridgehead atoms. The minimum absolute atomic E-state index is 0.0317. The Kier molecular flexibility index (Phi) is 3.38. The average molecular weight is 277 g/mol. The number of aromatic carboxylic acids is 1. The highest BCUT2D eigenvalue weighted by Crippen LogP contribution is 2.32. The van der Waals surface area contributed by atoms with Gasteiger partial charge in [-0.15, -0.1) is 0 Å². The SMILES string of the molecule is Cc1ccc(C(=O)O)c(Oc2c([N+](=O)[O-])ncn2C)c1. The van der Waals surface area contributed by atoms with Crippen molar-refractivity contribution in [1.82, 2.24) is 9.55 Å². The highest BCUT2D eigenvalue weighted by Gasteiger charge is 2.24. The van der Waals surface area contributed by atoms with Crippen molar-refractivity contribution in [2.75, 3.05) is 0 Å². The summed E-state index contributed by atoms with van der Waals surface area (Å²) in [6.07, 6.45) is 1.23. The Morgan fingerprint density at radius 2 is 2.20 bits per heavy atom. The molecule has 104 valence electrons. The van der Waals surface area contributed by atoms with Gasteiger partial charge in [-0.2, -0.15) is 0 Å². The van der Waals surface area contributed by atoms with Crippen LogP contribution in [-0.2, 0) is 7.05 Å². The lowest BCUT2D eigenvalue weighted by atomic mass is 10.1. The molecule has 0 saturated carbocycles. The first-order valence-electron chi connectivity index (χ1n) is 5.57. The van der Waals surface area contributed by atoms with Crippen LogP contribution < -0.4 is 4.74 Å². The molecule has 0 aliphatic heterocycles. The molecule has 0 radical (unpaired) electrons. The predicted octanol–water partition coefficient (Wildman–Crippen LogP) is 2.13. The molecule has 0 atom stereocenters. The van der Waals surface area contributed by atoms with Crippen LogP contribution in [0.15, 0.2) is 24.5 Å². The molecule has 2 rings (SSSR count). The van der Waals surface area contributed by atoms with E-state index in [0.717, 1.165) is 5.56 Å². The monoisotopic (exact) mass is 277 g/mol. The van der Waals surface area contributed by atoms with Crippen molar-refractivity contribution < 1.29 is 19.6 Å². The van der Waals surface area contributed by atoms with Crippen molar-refractivity contribution >= 4 is 11.8 Å². The lowest BCUT2D eigenvalue weighted by Gasteiger charge is -2.09. The number of hydrogen-bond donors (Lipinski definition) is 1. The molecule has 0 spiro atoms. The van der Waals surface area contributed by atoms with Crippen molar-refractivity contribution in [3.8, 4) is 11.6 Å². The molecule has 0 amide bonds. The number of aryl methyl sites for hydroxylation is 2. The number of nitrogens with zero attached hydrogens (tertiary/aromatic N) is 3. The van der Waals surface area contributed by atoms with E-state index in [1.165, 1.54) is 30.1 Å². The molecule has 0 saturated heterocycles. The normalized spacial score (nSPS) is 10.3. The summed E-state index contributed by atoms with van der Waals surface area (Å²) in [4.78, 5) is 24.9. The Labute approximate surface area is 113 Å². The standard InChI is InChI=1S/C12H11N3O5/c1-7-3-4-8(12(16)17)9(5-7)20-11-10(15(18)19)13-6-14(11)2/h3-6H,1-2H3,(H,16,17). The van der Waals surface area contributed by atoms with Crippen LogP contribution in [0.3, 0.4) is 0 Å². The summed E-state index contributed by atoms with van der Waals surface area (Å²) in [7, 11) is 1.52. The van der Waals surface area contributed by atoms with Gasteiger partial charge >= 0.3 is 17.7 Å². The van der Waals surface area contributed by atoms with Crippen molar-refractivity contribution in [1.29, 1.82) is 0 Å². The van der Waals surface area contributed by atoms with Crippen LogP contribution >= 0.6 is 0 Å². The molecule has 20 heavy (non-hydrogen) atoms. The third kappa shape index (κ3) is 2.44. The summed E-state index contributed by atoms with van der Waals surface area (Å²) in [5, 5.41) is 19.9. The smallest absolute Gasteiger partial charge is 0.427 e. The van der Waals surface area contributed by atoms with Gasteiger partial charge in [-0.1, -0.05) is 6.07 Å². The third-order valence-corrected chi connectivity index (χ3v) is 2.61. The maximum Gasteiger partial charge on any atom is 0.427 e. The van der Waals surface area contributed by atoms with Gasteiger partial charge in [-0.05, 0) is 34.5 Å². The molecule has 8 heteroatoms. The number of carbonyl (C=O) groups is 1. The van der Waals surface area contributed by atoms with E-state index in [4.69, 9.17) is 9.84 Å². The molecule has 8 nitrogen and oxygen atoms in total. The first kappa shape index (κ1) is 13.5. The lowest BCUT2D eigenvalue weighted by molar-refractivity contribution is -0.390. The molecule has 0 fully saturated rings. The highest BCUT2D eigenvalue weighted by molar-refractivity contribution is 5.91. The summed E-state index contributed by atoms with van der Waals surface area (Å²) in [5.41, 5.74) is 0.695. The summed E-state index contributed by atoms with van der Waals surface area (Å²) >= 11 is 0. The molecule has 0 unspecified atom stereocenters. The number of carboxylic acids is 1. The van der Waals surface area contributed by atoms with Crippen LogP contribution in [0, 0.1) is 17.0 Å². The summed E-state index contributed by atoms with van der Waals surface area (Å²) < 4.78 is 6.70. The van der Waals surface area contributed by atoms with Crippen molar-refractivity contribution in [3.05, 3.63) is 45.8 Å². The van der Waals surface area contributed by atoms with Gasteiger partial charge in [-0.25, -0.2) is 4.79 Å². The van der Waals surface area contributed by atoms with Gasteiger partial charge in [0.1, 0.15) is 11.3 Å². The molecule has 0 aliphatic rings. The second kappa shape index (κ2) is 5.00. The van der Waals surface area contributed by atoms with Gasteiger partial charge in [0.2, 0.25) is 6.33 Å². The third-order valence-electron chi connectivity index (χ3n) is 2.61. The second-order valence-corrected chi connectivity index (χ2v) is 4.15. The van der Waals surface area contributed by atoms with Crippen LogP contribution in [0.5, 0.6) is 11.6 Å². The zero-order valence-electron chi connectivity index (χ0n) is 10.7. The van der Waals surface area contributed by atoms with Crippen molar-refractivity contribution in [3.63, 3.8) is 0 Å². The van der Waals surface area contributed by atoms with Gasteiger partial charge in [0, 0.05) is 7.05 Å². The predicted molar refractivity (Wildman–Crippen MR) is 68.1 cm³/mol. The highest BCUT2D eigenvalue weighted by atomic mass is 16.6. The molecule has 1 aromatic carbocycles. The number of nitro groups is 1. The van der Waals surface area contributed by atoms with Crippen LogP contribution in [0.1, 0.15) is 15.9 Å². The molecule has 0 aliphatic carbocycles. The fourth-order valence-electron chi connectivity index (χ4n) is 1.64. The minimum Gasteiger partial charge on any atom is -0.478 e. The Morgan fingerprint density at radius 3 is 2.80 bits per heavy atom. The molecule has 2 aromatic rings. The Bertz CT molecular complexity index is 692. The maximum atomic E-state index is 11.1. The molecule has 1 heterocycles. The Morgan fingerprint density at radius 1 is 1.50 bits per heavy atom. The molecule has 1 N–H and O–H groups in total. The van der Waals surface area contributed by atoms with E-state index in [-0.39, 0.29) is 17.2 Å². The number of benzene rings is 1. The number of ether oxygens (including phenoxy) is 1. The van der Waals surface area contributed by atoms with E-state index in [1.54, 1.807) is 13.0 Å². The zero-order chi connectivity index (χ0) is 14.9. The van der Waals surface area contributed by atoms with E-state index < -0.39 is 16.7 Å². The van der Waals surface area contributed by atoms with E-state index >= 15 is 0 Å². The summed E-state index contributed by atoms with van der Waals surface area (Å²) in [5.74, 6) is -1.73. The van der Waals surface area contributed by atoms with Gasteiger partial charge in [0.15, 0.2) is 0 Å². The zero-order valence-corrected chi connectivity index (χ0v) is 10.7. The van der Waals surface area contributed by atoms with Crippen LogP contribution in [0.4, 0.5) is 5.82 Å². The van der Waals surface area contributed by atoms with E-state index in [2.05, 4.69) is 4.98 Å². The van der Waals surface area contributed by atoms with Crippen molar-refractivity contribution in [2.45, 2.75) is 6.92 Å². The van der Waals surface area contributed by atoms with Crippen LogP contribution in [0.2, 0.25) is 0 Å². The van der Waals surface area contributed by atoms with E-state index in [1.807, 2.05) is 0 Å². The largest absolute Gasteiger partial charge is 0.478 e. The molecular formula is C12H11N3O5. The quantitative estimate of drug-likeness (QED) is 0.677. The van der Waals surface area contributed by atoms with Gasteiger partial charge in [0.25, 0.3) is 0 Å². The number of imidazole rings is 1. The van der Waals surface area contributed by atoms with E-state index in [0.29, 0.717) is 0 Å². The summed E-state index contributed by atoms with van der Waals surface area (Å²) in [6, 6.07) is 4.50. The van der Waals surface area contributed by atoms with Gasteiger partial charge in [0.05, 0.1) is 0 Å². The van der Waals surface area contributed by atoms with Crippen LogP contribution in [0.25, 0.3) is 0 Å². The molecule has 1 aromatic heterocycles. The Hall–Kier alpha value is -2.90. The van der Waals surface area contributed by atoms with E-state index in [9.17, 15) is 14.9 Å². The fraction of sp³-hybridized carbons (Fsp3) is 0.167. The topological polar surface area (TPSA) is 107 Å². The minimum atomic E-state index is -1.18. The maximum absolute atomic E-state index is 11.1. The van der Waals surface area contributed by atoms with Gasteiger partial charge < -0.3 is 20.0 Å². The number of carboxylic acid groups (broad SMARTS) is 1. The lowest BCUT2D eigenvalue weighted by Crippen LogP contribution is -2.03. The van der Waals surface area contributed by atoms with Crippen molar-refractivity contribution in [2.24, 2.45) is 7.05 Å². The second-order valence-electron chi connectivity index (χ2n) is 4.15. The number of aromatic nitrogens is 2. The number of hydrogen-bond acceptors (Lipinski definition) is 5.